The molecule has 1 heterocycles. The predicted octanol–water partition coefficient (Wildman–Crippen LogP) is 3.70. The largest absolute Gasteiger partial charge is 0.486 e. The van der Waals surface area contributed by atoms with Crippen molar-refractivity contribution in [3.05, 3.63) is 59.4 Å². The first-order valence-electron chi connectivity index (χ1n) is 9.56. The van der Waals surface area contributed by atoms with Crippen LogP contribution in [0.2, 0.25) is 0 Å². The van der Waals surface area contributed by atoms with Crippen molar-refractivity contribution < 1.29 is 23.5 Å². The van der Waals surface area contributed by atoms with Gasteiger partial charge in [-0.2, -0.15) is 0 Å². The van der Waals surface area contributed by atoms with E-state index in [0.717, 1.165) is 24.8 Å². The number of fused-ring (bicyclic) bond motifs is 1. The number of ketones is 1. The molecule has 2 aromatic rings. The maximum atomic E-state index is 12.8. The van der Waals surface area contributed by atoms with Crippen LogP contribution in [-0.2, 0) is 11.2 Å². The number of nitrogens with one attached hydrogen (secondary N) is 1. The lowest BCUT2D eigenvalue weighted by Gasteiger charge is -2.18. The van der Waals surface area contributed by atoms with Crippen molar-refractivity contribution >= 4 is 11.7 Å². The lowest BCUT2D eigenvalue weighted by atomic mass is 10.1. The minimum absolute atomic E-state index is 0.0940. The molecule has 1 aliphatic heterocycles. The molecule has 0 aromatic heterocycles. The van der Waals surface area contributed by atoms with E-state index in [1.807, 2.05) is 0 Å². The van der Waals surface area contributed by atoms with Gasteiger partial charge in [-0.1, -0.05) is 12.1 Å². The molecule has 6 heteroatoms. The van der Waals surface area contributed by atoms with Crippen LogP contribution in [0.4, 0.5) is 4.39 Å². The topological polar surface area (TPSA) is 64.6 Å². The zero-order valence-corrected chi connectivity index (χ0v) is 15.7. The maximum absolute atomic E-state index is 12.8. The molecule has 0 saturated heterocycles. The first-order valence-corrected chi connectivity index (χ1v) is 9.56. The van der Waals surface area contributed by atoms with E-state index in [4.69, 9.17) is 9.47 Å². The van der Waals surface area contributed by atoms with Crippen molar-refractivity contribution in [3.63, 3.8) is 0 Å². The summed E-state index contributed by atoms with van der Waals surface area (Å²) in [7, 11) is 0. The van der Waals surface area contributed by atoms with Crippen molar-refractivity contribution in [1.29, 1.82) is 0 Å². The molecule has 1 aliphatic rings. The molecule has 0 spiro atoms. The van der Waals surface area contributed by atoms with Gasteiger partial charge in [-0.3, -0.25) is 9.59 Å². The summed E-state index contributed by atoms with van der Waals surface area (Å²) in [6.45, 7) is 1.54. The Morgan fingerprint density at radius 2 is 1.68 bits per heavy atom. The van der Waals surface area contributed by atoms with Gasteiger partial charge in [-0.15, -0.1) is 0 Å². The highest BCUT2D eigenvalue weighted by molar-refractivity contribution is 5.98. The smallest absolute Gasteiger partial charge is 0.220 e. The molecule has 0 unspecified atom stereocenters. The minimum Gasteiger partial charge on any atom is -0.486 e. The van der Waals surface area contributed by atoms with Gasteiger partial charge in [0.15, 0.2) is 17.3 Å². The monoisotopic (exact) mass is 385 g/mol. The Morgan fingerprint density at radius 3 is 2.46 bits per heavy atom. The summed E-state index contributed by atoms with van der Waals surface area (Å²) in [5.41, 5.74) is 1.61. The number of amides is 1. The number of carbonyl (C=O) groups excluding carboxylic acids is 2. The average Bonchev–Trinajstić information content (AvgIpc) is 2.72. The third-order valence-electron chi connectivity index (χ3n) is 4.57. The Hall–Kier alpha value is -2.89. The number of unbranched alkanes of at least 4 members (excludes halogenated alkanes) is 1. The van der Waals surface area contributed by atoms with Gasteiger partial charge in [0.2, 0.25) is 5.91 Å². The summed E-state index contributed by atoms with van der Waals surface area (Å²) in [4.78, 5) is 24.2. The standard InChI is InChI=1S/C22H24FNO4/c23-18-7-4-16(5-8-18)3-1-2-12-24-22(26)11-9-19(25)17-6-10-20-21(15-17)28-14-13-27-20/h4-8,10,15H,1-3,9,11-14H2,(H,24,26). The van der Waals surface area contributed by atoms with E-state index in [2.05, 4.69) is 5.32 Å². The number of benzene rings is 2. The number of ether oxygens (including phenoxy) is 2. The van der Waals surface area contributed by atoms with Gasteiger partial charge in [0, 0.05) is 24.9 Å². The fourth-order valence-electron chi connectivity index (χ4n) is 3.01. The van der Waals surface area contributed by atoms with E-state index in [9.17, 15) is 14.0 Å². The second kappa shape index (κ2) is 9.88. The SMILES string of the molecule is O=C(CCC(=O)c1ccc2c(c1)OCCO2)NCCCCc1ccc(F)cc1. The number of aryl methyl sites for hydroxylation is 1. The molecule has 0 saturated carbocycles. The quantitative estimate of drug-likeness (QED) is 0.528. The van der Waals surface area contributed by atoms with E-state index < -0.39 is 0 Å². The molecule has 2 aromatic carbocycles. The second-order valence-electron chi connectivity index (χ2n) is 6.72. The highest BCUT2D eigenvalue weighted by Gasteiger charge is 2.15. The van der Waals surface area contributed by atoms with Crippen molar-refractivity contribution in [1.82, 2.24) is 5.32 Å². The maximum Gasteiger partial charge on any atom is 0.220 e. The van der Waals surface area contributed by atoms with Crippen LogP contribution in [0.15, 0.2) is 42.5 Å². The van der Waals surface area contributed by atoms with E-state index in [0.29, 0.717) is 36.8 Å². The van der Waals surface area contributed by atoms with Gasteiger partial charge in [0.05, 0.1) is 0 Å². The normalized spacial score (nSPS) is 12.5. The molecule has 0 fully saturated rings. The molecule has 0 bridgehead atoms. The molecule has 5 nitrogen and oxygen atoms in total. The summed E-state index contributed by atoms with van der Waals surface area (Å²) in [6.07, 6.45) is 2.90. The third-order valence-corrected chi connectivity index (χ3v) is 4.57. The Morgan fingerprint density at radius 1 is 0.929 bits per heavy atom. The van der Waals surface area contributed by atoms with Crippen molar-refractivity contribution in [2.75, 3.05) is 19.8 Å². The number of hydrogen-bond acceptors (Lipinski definition) is 4. The van der Waals surface area contributed by atoms with Crippen LogP contribution >= 0.6 is 0 Å². The van der Waals surface area contributed by atoms with Crippen molar-refractivity contribution in [3.8, 4) is 11.5 Å². The minimum atomic E-state index is -0.234. The summed E-state index contributed by atoms with van der Waals surface area (Å²) in [5.74, 6) is 0.752. The summed E-state index contributed by atoms with van der Waals surface area (Å²) < 4.78 is 23.8. The molecular weight excluding hydrogens is 361 g/mol. The first kappa shape index (κ1) is 19.9. The number of rotatable bonds is 9. The van der Waals surface area contributed by atoms with E-state index in [1.54, 1.807) is 30.3 Å². The van der Waals surface area contributed by atoms with E-state index in [-0.39, 0.29) is 30.3 Å². The average molecular weight is 385 g/mol. The highest BCUT2D eigenvalue weighted by atomic mass is 19.1. The van der Waals surface area contributed by atoms with Gasteiger partial charge in [0.1, 0.15) is 19.0 Å². The summed E-state index contributed by atoms with van der Waals surface area (Å²) in [6, 6.07) is 11.6. The molecular formula is C22H24FNO4. The molecule has 148 valence electrons. The lowest BCUT2D eigenvalue weighted by Crippen LogP contribution is -2.25. The Labute approximate surface area is 163 Å². The predicted molar refractivity (Wildman–Crippen MR) is 103 cm³/mol. The van der Waals surface area contributed by atoms with Crippen LogP contribution in [0.3, 0.4) is 0 Å². The number of carbonyl (C=O) groups is 2. The van der Waals surface area contributed by atoms with Gasteiger partial charge in [-0.25, -0.2) is 4.39 Å². The van der Waals surface area contributed by atoms with Gasteiger partial charge >= 0.3 is 0 Å². The Balaban J connectivity index is 1.32. The number of halogens is 1. The van der Waals surface area contributed by atoms with Crippen molar-refractivity contribution in [2.45, 2.75) is 32.1 Å². The molecule has 0 radical (unpaired) electrons. The van der Waals surface area contributed by atoms with Crippen molar-refractivity contribution in [2.24, 2.45) is 0 Å². The van der Waals surface area contributed by atoms with Crippen LogP contribution in [0.5, 0.6) is 11.5 Å². The van der Waals surface area contributed by atoms with Crippen LogP contribution < -0.4 is 14.8 Å². The van der Waals surface area contributed by atoms with Crippen LogP contribution in [-0.4, -0.2) is 31.4 Å². The van der Waals surface area contributed by atoms with Gasteiger partial charge < -0.3 is 14.8 Å². The van der Waals surface area contributed by atoms with Crippen LogP contribution in [0.25, 0.3) is 0 Å². The number of Topliss-reactive ketones (excluding diaryl/α,β-unsaturated/α-hetero) is 1. The fourth-order valence-corrected chi connectivity index (χ4v) is 3.01. The summed E-state index contributed by atoms with van der Waals surface area (Å²) >= 11 is 0. The lowest BCUT2D eigenvalue weighted by molar-refractivity contribution is -0.121. The zero-order valence-electron chi connectivity index (χ0n) is 15.7. The number of hydrogen-bond donors (Lipinski definition) is 1. The molecule has 28 heavy (non-hydrogen) atoms. The Kier molecular flexibility index (Phi) is 7.00. The molecule has 0 atom stereocenters. The third kappa shape index (κ3) is 5.81. The summed E-state index contributed by atoms with van der Waals surface area (Å²) in [5, 5.41) is 2.84. The fraction of sp³-hybridized carbons (Fsp3) is 0.364. The van der Waals surface area contributed by atoms with E-state index >= 15 is 0 Å². The van der Waals surface area contributed by atoms with Crippen LogP contribution in [0.1, 0.15) is 41.6 Å². The highest BCUT2D eigenvalue weighted by Crippen LogP contribution is 2.31. The molecule has 1 amide bonds. The Bertz CT molecular complexity index is 820. The van der Waals surface area contributed by atoms with Gasteiger partial charge in [0.25, 0.3) is 0 Å². The van der Waals surface area contributed by atoms with Gasteiger partial charge in [-0.05, 0) is 55.2 Å². The second-order valence-corrected chi connectivity index (χ2v) is 6.72. The van der Waals surface area contributed by atoms with E-state index in [1.165, 1.54) is 12.1 Å². The van der Waals surface area contributed by atoms with Crippen LogP contribution in [0, 0.1) is 5.82 Å². The molecule has 0 aliphatic carbocycles. The molecule has 3 rings (SSSR count). The zero-order chi connectivity index (χ0) is 19.8. The first-order chi connectivity index (χ1) is 13.6. The molecule has 1 N–H and O–H groups in total.